The Kier molecular flexibility index (Phi) is 5.22. The summed E-state index contributed by atoms with van der Waals surface area (Å²) in [5.41, 5.74) is 8.33. The van der Waals surface area contributed by atoms with Gasteiger partial charge in [0.05, 0.1) is 0 Å². The van der Waals surface area contributed by atoms with Gasteiger partial charge in [0.15, 0.2) is 5.84 Å². The molecular weight excluding hydrogens is 266 g/mol. The molecule has 2 heterocycles. The van der Waals surface area contributed by atoms with E-state index < -0.39 is 0 Å². The van der Waals surface area contributed by atoms with Gasteiger partial charge in [0.1, 0.15) is 5.69 Å². The van der Waals surface area contributed by atoms with Crippen LogP contribution in [0.5, 0.6) is 0 Å². The molecule has 0 fully saturated rings. The van der Waals surface area contributed by atoms with E-state index in [0.29, 0.717) is 12.2 Å². The second kappa shape index (κ2) is 7.35. The van der Waals surface area contributed by atoms with Gasteiger partial charge in [0, 0.05) is 31.7 Å². The second-order valence-corrected chi connectivity index (χ2v) is 4.66. The van der Waals surface area contributed by atoms with Gasteiger partial charge < -0.3 is 10.9 Å². The normalized spacial score (nSPS) is 11.8. The number of amidine groups is 1. The van der Waals surface area contributed by atoms with E-state index in [4.69, 9.17) is 10.9 Å². The van der Waals surface area contributed by atoms with E-state index in [-0.39, 0.29) is 5.84 Å². The summed E-state index contributed by atoms with van der Waals surface area (Å²) in [6.07, 6.45) is 5.21. The molecule has 3 N–H and O–H groups in total. The van der Waals surface area contributed by atoms with E-state index in [0.717, 1.165) is 18.7 Å². The van der Waals surface area contributed by atoms with Crippen molar-refractivity contribution in [1.29, 1.82) is 0 Å². The van der Waals surface area contributed by atoms with E-state index >= 15 is 0 Å². The molecule has 0 aliphatic heterocycles. The molecule has 0 bridgehead atoms. The van der Waals surface area contributed by atoms with E-state index in [2.05, 4.69) is 26.9 Å². The number of oxime groups is 1. The summed E-state index contributed by atoms with van der Waals surface area (Å²) in [7, 11) is 0. The van der Waals surface area contributed by atoms with Gasteiger partial charge in [0.2, 0.25) is 0 Å². The van der Waals surface area contributed by atoms with Gasteiger partial charge in [-0.15, -0.1) is 0 Å². The first kappa shape index (κ1) is 14.9. The summed E-state index contributed by atoms with van der Waals surface area (Å²) in [6, 6.07) is 7.78. The smallest absolute Gasteiger partial charge is 0.189 e. The zero-order valence-corrected chi connectivity index (χ0v) is 12.0. The molecule has 6 heteroatoms. The van der Waals surface area contributed by atoms with Gasteiger partial charge in [-0.25, -0.2) is 0 Å². The van der Waals surface area contributed by atoms with Crippen LogP contribution in [0.15, 0.2) is 48.0 Å². The highest BCUT2D eigenvalue weighted by atomic mass is 16.4. The van der Waals surface area contributed by atoms with Crippen molar-refractivity contribution in [2.24, 2.45) is 10.9 Å². The van der Waals surface area contributed by atoms with E-state index in [1.54, 1.807) is 18.6 Å². The summed E-state index contributed by atoms with van der Waals surface area (Å²) in [4.78, 5) is 10.5. The molecule has 0 aliphatic carbocycles. The molecule has 0 spiro atoms. The zero-order valence-electron chi connectivity index (χ0n) is 12.0. The minimum absolute atomic E-state index is 0.0329. The standard InChI is InChI=1S/C15H19N5O/c1-2-20(10-12-5-8-17-9-6-12)11-13-4-3-7-18-14(13)15(16)19-21/h3-9,21H,2,10-11H2,1H3,(H2,16,19). The molecule has 0 radical (unpaired) electrons. The molecule has 2 aromatic heterocycles. The third kappa shape index (κ3) is 4.00. The predicted molar refractivity (Wildman–Crippen MR) is 80.8 cm³/mol. The summed E-state index contributed by atoms with van der Waals surface area (Å²) in [6.45, 7) is 4.47. The first-order valence-electron chi connectivity index (χ1n) is 6.77. The first-order chi connectivity index (χ1) is 10.2. The Morgan fingerprint density at radius 1 is 1.24 bits per heavy atom. The van der Waals surface area contributed by atoms with Crippen molar-refractivity contribution in [2.75, 3.05) is 6.54 Å². The molecule has 0 unspecified atom stereocenters. The molecule has 6 nitrogen and oxygen atoms in total. The Morgan fingerprint density at radius 2 is 2.00 bits per heavy atom. The Hall–Kier alpha value is -2.47. The SMILES string of the molecule is CCN(Cc1ccncc1)Cc1cccnc1C(N)=NO. The molecule has 0 aliphatic rings. The Balaban J connectivity index is 2.16. The fourth-order valence-corrected chi connectivity index (χ4v) is 2.11. The van der Waals surface area contributed by atoms with Gasteiger partial charge in [-0.3, -0.25) is 14.9 Å². The third-order valence-electron chi connectivity index (χ3n) is 3.24. The van der Waals surface area contributed by atoms with Crippen LogP contribution >= 0.6 is 0 Å². The van der Waals surface area contributed by atoms with Crippen LogP contribution in [-0.4, -0.2) is 32.5 Å². The lowest BCUT2D eigenvalue weighted by molar-refractivity contribution is 0.270. The highest BCUT2D eigenvalue weighted by molar-refractivity contribution is 5.96. The van der Waals surface area contributed by atoms with E-state index in [1.165, 1.54) is 5.56 Å². The van der Waals surface area contributed by atoms with Gasteiger partial charge in [-0.1, -0.05) is 18.1 Å². The van der Waals surface area contributed by atoms with Gasteiger partial charge in [-0.2, -0.15) is 0 Å². The number of pyridine rings is 2. The maximum atomic E-state index is 8.84. The minimum Gasteiger partial charge on any atom is -0.409 e. The van der Waals surface area contributed by atoms with Crippen LogP contribution in [0, 0.1) is 0 Å². The summed E-state index contributed by atoms with van der Waals surface area (Å²) < 4.78 is 0. The molecule has 0 aromatic carbocycles. The van der Waals surface area contributed by atoms with Crippen molar-refractivity contribution >= 4 is 5.84 Å². The Bertz CT molecular complexity index is 600. The molecule has 2 rings (SSSR count). The number of nitrogens with zero attached hydrogens (tertiary/aromatic N) is 4. The molecule has 21 heavy (non-hydrogen) atoms. The number of rotatable bonds is 6. The summed E-state index contributed by atoms with van der Waals surface area (Å²) in [5.74, 6) is 0.0329. The molecule has 110 valence electrons. The minimum atomic E-state index is 0.0329. The first-order valence-corrected chi connectivity index (χ1v) is 6.77. The van der Waals surface area contributed by atoms with E-state index in [1.807, 2.05) is 24.3 Å². The van der Waals surface area contributed by atoms with Gasteiger partial charge in [-0.05, 0) is 35.9 Å². The van der Waals surface area contributed by atoms with Crippen molar-refractivity contribution in [1.82, 2.24) is 14.9 Å². The van der Waals surface area contributed by atoms with Crippen LogP contribution in [-0.2, 0) is 13.1 Å². The molecule has 0 atom stereocenters. The van der Waals surface area contributed by atoms with Crippen LogP contribution in [0.4, 0.5) is 0 Å². The molecule has 0 amide bonds. The molecular formula is C15H19N5O. The van der Waals surface area contributed by atoms with Gasteiger partial charge >= 0.3 is 0 Å². The van der Waals surface area contributed by atoms with Crippen LogP contribution in [0.1, 0.15) is 23.7 Å². The Labute approximate surface area is 123 Å². The van der Waals surface area contributed by atoms with Crippen molar-refractivity contribution in [3.05, 3.63) is 59.7 Å². The average molecular weight is 285 g/mol. The van der Waals surface area contributed by atoms with Crippen LogP contribution < -0.4 is 5.73 Å². The highest BCUT2D eigenvalue weighted by Crippen LogP contribution is 2.12. The number of aromatic nitrogens is 2. The predicted octanol–water partition coefficient (Wildman–Crippen LogP) is 1.59. The number of hydrogen-bond acceptors (Lipinski definition) is 5. The summed E-state index contributed by atoms with van der Waals surface area (Å²) in [5, 5.41) is 11.9. The lowest BCUT2D eigenvalue weighted by Crippen LogP contribution is -2.25. The number of nitrogens with two attached hydrogens (primary N) is 1. The fraction of sp³-hybridized carbons (Fsp3) is 0.267. The summed E-state index contributed by atoms with van der Waals surface area (Å²) >= 11 is 0. The van der Waals surface area contributed by atoms with Crippen molar-refractivity contribution in [3.63, 3.8) is 0 Å². The molecule has 0 saturated carbocycles. The lowest BCUT2D eigenvalue weighted by atomic mass is 10.1. The second-order valence-electron chi connectivity index (χ2n) is 4.66. The third-order valence-corrected chi connectivity index (χ3v) is 3.24. The van der Waals surface area contributed by atoms with Crippen molar-refractivity contribution in [2.45, 2.75) is 20.0 Å². The quantitative estimate of drug-likeness (QED) is 0.364. The van der Waals surface area contributed by atoms with Crippen molar-refractivity contribution in [3.8, 4) is 0 Å². The fourth-order valence-electron chi connectivity index (χ4n) is 2.11. The lowest BCUT2D eigenvalue weighted by Gasteiger charge is -2.21. The number of hydrogen-bond donors (Lipinski definition) is 2. The highest BCUT2D eigenvalue weighted by Gasteiger charge is 2.12. The molecule has 2 aromatic rings. The maximum absolute atomic E-state index is 8.84. The van der Waals surface area contributed by atoms with Crippen molar-refractivity contribution < 1.29 is 5.21 Å². The van der Waals surface area contributed by atoms with Crippen LogP contribution in [0.25, 0.3) is 0 Å². The van der Waals surface area contributed by atoms with Gasteiger partial charge in [0.25, 0.3) is 0 Å². The van der Waals surface area contributed by atoms with E-state index in [9.17, 15) is 0 Å². The monoisotopic (exact) mass is 285 g/mol. The maximum Gasteiger partial charge on any atom is 0.189 e. The average Bonchev–Trinajstić information content (AvgIpc) is 2.55. The zero-order chi connectivity index (χ0) is 15.1. The Morgan fingerprint density at radius 3 is 2.67 bits per heavy atom. The largest absolute Gasteiger partial charge is 0.409 e. The van der Waals surface area contributed by atoms with Crippen LogP contribution in [0.3, 0.4) is 0 Å². The molecule has 0 saturated heterocycles. The topological polar surface area (TPSA) is 87.6 Å². The van der Waals surface area contributed by atoms with Crippen LogP contribution in [0.2, 0.25) is 0 Å².